The number of hydrogen-bond donors (Lipinski definition) is 2. The maximum atomic E-state index is 12.3. The van der Waals surface area contributed by atoms with Crippen molar-refractivity contribution in [3.8, 4) is 11.5 Å². The van der Waals surface area contributed by atoms with Gasteiger partial charge in [-0.15, -0.1) is 0 Å². The lowest BCUT2D eigenvalue weighted by Gasteiger charge is -2.18. The summed E-state index contributed by atoms with van der Waals surface area (Å²) in [7, 11) is 0. The molecule has 33 heavy (non-hydrogen) atoms. The quantitative estimate of drug-likeness (QED) is 0.146. The van der Waals surface area contributed by atoms with Crippen LogP contribution in [0.25, 0.3) is 0 Å². The molecule has 190 valence electrons. The van der Waals surface area contributed by atoms with Gasteiger partial charge in [-0.1, -0.05) is 115 Å². The molecule has 6 heteroatoms. The van der Waals surface area contributed by atoms with E-state index in [1.165, 1.54) is 64.2 Å². The van der Waals surface area contributed by atoms with Gasteiger partial charge in [-0.05, 0) is 36.8 Å². The monoisotopic (exact) mass is 502 g/mol. The van der Waals surface area contributed by atoms with Gasteiger partial charge in [0.25, 0.3) is 0 Å². The number of carbonyl (C=O) groups is 1. The Balaban J connectivity index is 2.79. The van der Waals surface area contributed by atoms with Crippen LogP contribution >= 0.6 is 23.5 Å². The first-order chi connectivity index (χ1) is 16.0. The normalized spacial score (nSPS) is 11.2. The Hall–Kier alpha value is -1.13. The molecule has 0 saturated heterocycles. The molecule has 0 unspecified atom stereocenters. The van der Waals surface area contributed by atoms with E-state index in [9.17, 15) is 15.0 Å². The van der Waals surface area contributed by atoms with Crippen molar-refractivity contribution in [1.29, 1.82) is 0 Å². The van der Waals surface area contributed by atoms with Gasteiger partial charge in [0.2, 0.25) is 0 Å². The van der Waals surface area contributed by atoms with Crippen LogP contribution in [0.2, 0.25) is 5.02 Å². The average molecular weight is 504 g/mol. The van der Waals surface area contributed by atoms with Crippen molar-refractivity contribution >= 4 is 29.4 Å². The highest BCUT2D eigenvalue weighted by molar-refractivity contribution is 6.33. The summed E-state index contributed by atoms with van der Waals surface area (Å²) < 4.78 is 4.40. The second-order valence-corrected chi connectivity index (χ2v) is 9.69. The molecule has 0 radical (unpaired) electrons. The fourth-order valence-corrected chi connectivity index (χ4v) is 4.83. The van der Waals surface area contributed by atoms with Gasteiger partial charge in [0.1, 0.15) is 17.4 Å². The zero-order chi connectivity index (χ0) is 24.5. The third-order valence-electron chi connectivity index (χ3n) is 6.43. The number of benzene rings is 1. The summed E-state index contributed by atoms with van der Waals surface area (Å²) in [6.07, 6.45) is 20.1. The molecule has 0 atom stereocenters. The first-order valence-electron chi connectivity index (χ1n) is 13.1. The van der Waals surface area contributed by atoms with Crippen LogP contribution in [0.5, 0.6) is 11.5 Å². The molecule has 1 rings (SSSR count). The van der Waals surface area contributed by atoms with Crippen molar-refractivity contribution in [1.82, 2.24) is 0 Å². The van der Waals surface area contributed by atoms with Gasteiger partial charge >= 0.3 is 5.97 Å². The summed E-state index contributed by atoms with van der Waals surface area (Å²) in [5.74, 6) is -1.87. The fourth-order valence-electron chi connectivity index (χ4n) is 4.46. The average Bonchev–Trinajstić information content (AvgIpc) is 2.82. The third-order valence-corrected chi connectivity index (χ3v) is 6.98. The predicted octanol–water partition coefficient (Wildman–Crippen LogP) is 9.43. The van der Waals surface area contributed by atoms with Gasteiger partial charge in [0.05, 0.1) is 5.02 Å². The van der Waals surface area contributed by atoms with E-state index in [1.807, 2.05) is 0 Å². The van der Waals surface area contributed by atoms with E-state index in [2.05, 4.69) is 18.1 Å². The lowest BCUT2D eigenvalue weighted by atomic mass is 9.91. The van der Waals surface area contributed by atoms with E-state index in [4.69, 9.17) is 23.5 Å². The Labute approximate surface area is 211 Å². The Bertz CT molecular complexity index is 691. The minimum atomic E-state index is -0.854. The van der Waals surface area contributed by atoms with Gasteiger partial charge in [-0.2, -0.15) is 0 Å². The summed E-state index contributed by atoms with van der Waals surface area (Å²) in [4.78, 5) is 12.3. The second-order valence-electron chi connectivity index (χ2n) is 9.16. The molecule has 0 amide bonds. The van der Waals surface area contributed by atoms with Crippen LogP contribution < -0.4 is 0 Å². The fraction of sp³-hybridized carbons (Fsp3) is 0.741. The molecule has 0 aliphatic carbocycles. The molecule has 2 N–H and O–H groups in total. The zero-order valence-electron chi connectivity index (χ0n) is 20.7. The molecular weight excluding hydrogens is 459 g/mol. The largest absolute Gasteiger partial charge is 0.504 e. The van der Waals surface area contributed by atoms with E-state index in [0.717, 1.165) is 44.1 Å². The van der Waals surface area contributed by atoms with Crippen LogP contribution in [0.3, 0.4) is 0 Å². The van der Waals surface area contributed by atoms with E-state index >= 15 is 0 Å². The maximum absolute atomic E-state index is 12.3. The summed E-state index contributed by atoms with van der Waals surface area (Å²) in [5.41, 5.74) is 1.34. The van der Waals surface area contributed by atoms with Crippen LogP contribution in [0.4, 0.5) is 0 Å². The topological polar surface area (TPSA) is 66.8 Å². The molecular formula is C27H44Cl2O4. The van der Waals surface area contributed by atoms with Crippen molar-refractivity contribution in [2.75, 3.05) is 0 Å². The molecule has 0 aromatic heterocycles. The van der Waals surface area contributed by atoms with Crippen molar-refractivity contribution < 1.29 is 19.3 Å². The minimum absolute atomic E-state index is 0.0515. The number of hydrogen-bond acceptors (Lipinski definition) is 4. The molecule has 1 aromatic carbocycles. The summed E-state index contributed by atoms with van der Waals surface area (Å²) in [6.45, 7) is 4.43. The Morgan fingerprint density at radius 2 is 1.06 bits per heavy atom. The summed E-state index contributed by atoms with van der Waals surface area (Å²) in [6, 6.07) is 0. The zero-order valence-corrected chi connectivity index (χ0v) is 22.2. The molecule has 0 aliphatic rings. The lowest BCUT2D eigenvalue weighted by Crippen LogP contribution is -2.09. The van der Waals surface area contributed by atoms with E-state index in [1.54, 1.807) is 0 Å². The Kier molecular flexibility index (Phi) is 16.5. The maximum Gasteiger partial charge on any atom is 0.360 e. The number of aromatic hydroxyl groups is 2. The highest BCUT2D eigenvalue weighted by atomic mass is 35.5. The van der Waals surface area contributed by atoms with E-state index in [-0.39, 0.29) is 10.6 Å². The predicted molar refractivity (Wildman–Crippen MR) is 139 cm³/mol. The van der Waals surface area contributed by atoms with Gasteiger partial charge in [0.15, 0.2) is 11.5 Å². The molecule has 0 heterocycles. The molecule has 0 bridgehead atoms. The Morgan fingerprint density at radius 1 is 0.667 bits per heavy atom. The van der Waals surface area contributed by atoms with Crippen molar-refractivity contribution in [2.24, 2.45) is 0 Å². The van der Waals surface area contributed by atoms with Crippen molar-refractivity contribution in [2.45, 2.75) is 129 Å². The van der Waals surface area contributed by atoms with Gasteiger partial charge < -0.3 is 14.5 Å². The van der Waals surface area contributed by atoms with Crippen LogP contribution in [0.1, 0.15) is 138 Å². The molecule has 4 nitrogen and oxygen atoms in total. The van der Waals surface area contributed by atoms with Crippen LogP contribution in [0.15, 0.2) is 0 Å². The van der Waals surface area contributed by atoms with E-state index in [0.29, 0.717) is 18.4 Å². The van der Waals surface area contributed by atoms with Crippen LogP contribution in [0, 0.1) is 0 Å². The van der Waals surface area contributed by atoms with Gasteiger partial charge in [0, 0.05) is 0 Å². The second kappa shape index (κ2) is 18.2. The lowest BCUT2D eigenvalue weighted by molar-refractivity contribution is 0.0746. The van der Waals surface area contributed by atoms with Crippen LogP contribution in [-0.2, 0) is 17.1 Å². The first-order valence-corrected chi connectivity index (χ1v) is 13.8. The SMILES string of the molecule is CCCCCCCCCCc1c(Cl)c(O)c(O)c(C(=O)OCl)c1CCCCCCCCCC. The number of phenols is 2. The summed E-state index contributed by atoms with van der Waals surface area (Å²) >= 11 is 11.8. The van der Waals surface area contributed by atoms with Crippen molar-refractivity contribution in [3.63, 3.8) is 0 Å². The molecule has 0 saturated carbocycles. The van der Waals surface area contributed by atoms with Gasteiger partial charge in [-0.3, -0.25) is 0 Å². The van der Waals surface area contributed by atoms with E-state index < -0.39 is 17.5 Å². The molecule has 0 aliphatic heterocycles. The molecule has 0 fully saturated rings. The molecule has 1 aromatic rings. The van der Waals surface area contributed by atoms with Crippen LogP contribution in [-0.4, -0.2) is 16.2 Å². The Morgan fingerprint density at radius 3 is 1.48 bits per heavy atom. The van der Waals surface area contributed by atoms with Gasteiger partial charge in [-0.25, -0.2) is 4.79 Å². The highest BCUT2D eigenvalue weighted by Gasteiger charge is 2.27. The van der Waals surface area contributed by atoms with Crippen molar-refractivity contribution in [3.05, 3.63) is 21.7 Å². The molecule has 0 spiro atoms. The highest BCUT2D eigenvalue weighted by Crippen LogP contribution is 2.43. The number of rotatable bonds is 19. The number of halogens is 2. The minimum Gasteiger partial charge on any atom is -0.504 e. The first kappa shape index (κ1) is 29.9. The third kappa shape index (κ3) is 10.8. The number of phenolic OH excluding ortho intramolecular Hbond substituents is 2. The standard InChI is InChI=1S/C27H44Cl2O4/c1-3-5-7-9-11-13-15-17-19-21-22(20-18-16-14-12-10-8-6-4-2)24(28)26(31)25(30)23(21)27(32)33-29/h30-31H,3-20H2,1-2H3. The summed E-state index contributed by atoms with van der Waals surface area (Å²) in [5, 5.41) is 20.9. The smallest absolute Gasteiger partial charge is 0.360 e. The number of carbonyl (C=O) groups excluding carboxylic acids is 1. The number of unbranched alkanes of at least 4 members (excludes halogenated alkanes) is 14.